The van der Waals surface area contributed by atoms with Crippen LogP contribution in [0.25, 0.3) is 0 Å². The van der Waals surface area contributed by atoms with E-state index in [-0.39, 0.29) is 6.54 Å². The highest BCUT2D eigenvalue weighted by molar-refractivity contribution is 5.91. The van der Waals surface area contributed by atoms with Gasteiger partial charge >= 0.3 is 6.18 Å². The van der Waals surface area contributed by atoms with Gasteiger partial charge in [-0.05, 0) is 43.8 Å². The molecule has 0 unspecified atom stereocenters. The number of hydrogen-bond donors (Lipinski definition) is 1. The molecular weight excluding hydrogens is 359 g/mol. The molecule has 9 heteroatoms. The number of carbonyl (C=O) groups is 1. The molecule has 1 aliphatic heterocycles. The number of benzene rings is 1. The van der Waals surface area contributed by atoms with Crippen LogP contribution in [0.5, 0.6) is 0 Å². The Kier molecular flexibility index (Phi) is 5.41. The highest BCUT2D eigenvalue weighted by atomic mass is 19.4. The van der Waals surface area contributed by atoms with E-state index in [0.29, 0.717) is 5.69 Å². The summed E-state index contributed by atoms with van der Waals surface area (Å²) in [5.74, 6) is -0.428. The fourth-order valence-corrected chi connectivity index (χ4v) is 2.99. The molecule has 0 radical (unpaired) electrons. The zero-order valence-corrected chi connectivity index (χ0v) is 15.3. The number of aromatic nitrogens is 2. The van der Waals surface area contributed by atoms with Gasteiger partial charge in [0, 0.05) is 43.8 Å². The van der Waals surface area contributed by atoms with Crippen LogP contribution in [-0.4, -0.2) is 53.8 Å². The molecule has 0 bridgehead atoms. The van der Waals surface area contributed by atoms with E-state index in [2.05, 4.69) is 27.3 Å². The first-order valence-corrected chi connectivity index (χ1v) is 8.67. The Balaban J connectivity index is 1.61. The molecule has 1 aromatic heterocycles. The molecule has 1 fully saturated rings. The molecule has 0 aliphatic carbocycles. The number of nitrogens with one attached hydrogen (secondary N) is 1. The van der Waals surface area contributed by atoms with Crippen molar-refractivity contribution in [2.24, 2.45) is 0 Å². The summed E-state index contributed by atoms with van der Waals surface area (Å²) >= 11 is 0. The van der Waals surface area contributed by atoms with Crippen LogP contribution < -0.4 is 10.2 Å². The number of piperazine rings is 1. The monoisotopic (exact) mass is 381 g/mol. The lowest BCUT2D eigenvalue weighted by atomic mass is 10.1. The van der Waals surface area contributed by atoms with Crippen LogP contribution in [0.1, 0.15) is 11.3 Å². The highest BCUT2D eigenvalue weighted by Gasteiger charge is 2.33. The summed E-state index contributed by atoms with van der Waals surface area (Å²) in [6, 6.07) is 6.63. The Labute approximate surface area is 155 Å². The standard InChI is InChI=1S/C18H22F3N5O/c1-13-11-14(25-9-7-24(2)8-10-25)3-4-15(13)22-17(27)12-26-6-5-16(23-26)18(19,20)21/h3-6,11H,7-10,12H2,1-2H3,(H,22,27). The van der Waals surface area contributed by atoms with Gasteiger partial charge in [0.15, 0.2) is 5.69 Å². The molecule has 1 aromatic carbocycles. The van der Waals surface area contributed by atoms with Gasteiger partial charge in [-0.25, -0.2) is 0 Å². The maximum atomic E-state index is 12.6. The van der Waals surface area contributed by atoms with Crippen molar-refractivity contribution in [3.8, 4) is 0 Å². The summed E-state index contributed by atoms with van der Waals surface area (Å²) < 4.78 is 38.7. The van der Waals surface area contributed by atoms with Crippen LogP contribution in [0.2, 0.25) is 0 Å². The van der Waals surface area contributed by atoms with E-state index in [9.17, 15) is 18.0 Å². The van der Waals surface area contributed by atoms with Crippen molar-refractivity contribution >= 4 is 17.3 Å². The molecule has 27 heavy (non-hydrogen) atoms. The second-order valence-corrected chi connectivity index (χ2v) is 6.73. The lowest BCUT2D eigenvalue weighted by Crippen LogP contribution is -2.44. The molecule has 2 aromatic rings. The van der Waals surface area contributed by atoms with Gasteiger partial charge < -0.3 is 15.1 Å². The van der Waals surface area contributed by atoms with Gasteiger partial charge in [0.25, 0.3) is 0 Å². The van der Waals surface area contributed by atoms with Crippen molar-refractivity contribution in [2.45, 2.75) is 19.6 Å². The van der Waals surface area contributed by atoms with Crippen molar-refractivity contribution < 1.29 is 18.0 Å². The quantitative estimate of drug-likeness (QED) is 0.885. The van der Waals surface area contributed by atoms with Gasteiger partial charge in [-0.3, -0.25) is 9.48 Å². The predicted molar refractivity (Wildman–Crippen MR) is 96.7 cm³/mol. The topological polar surface area (TPSA) is 53.4 Å². The van der Waals surface area contributed by atoms with Gasteiger partial charge in [0.1, 0.15) is 6.54 Å². The second kappa shape index (κ2) is 7.59. The van der Waals surface area contributed by atoms with E-state index in [1.807, 2.05) is 25.1 Å². The largest absolute Gasteiger partial charge is 0.435 e. The minimum atomic E-state index is -4.52. The predicted octanol–water partition coefficient (Wildman–Crippen LogP) is 2.60. The number of carbonyl (C=O) groups excluding carboxylic acids is 1. The summed E-state index contributed by atoms with van der Waals surface area (Å²) in [5, 5.41) is 6.12. The van der Waals surface area contributed by atoms with Crippen LogP contribution in [0, 0.1) is 6.92 Å². The molecule has 1 N–H and O–H groups in total. The number of anilines is 2. The lowest BCUT2D eigenvalue weighted by Gasteiger charge is -2.34. The number of halogens is 3. The molecule has 0 saturated carbocycles. The van der Waals surface area contributed by atoms with Crippen LogP contribution in [-0.2, 0) is 17.5 Å². The fourth-order valence-electron chi connectivity index (χ4n) is 2.99. The number of rotatable bonds is 4. The van der Waals surface area contributed by atoms with E-state index in [4.69, 9.17) is 0 Å². The van der Waals surface area contributed by atoms with E-state index in [1.54, 1.807) is 0 Å². The summed E-state index contributed by atoms with van der Waals surface area (Å²) in [5.41, 5.74) is 1.63. The Bertz CT molecular complexity index is 810. The molecular formula is C18H22F3N5O. The first-order valence-electron chi connectivity index (χ1n) is 8.67. The van der Waals surface area contributed by atoms with E-state index < -0.39 is 17.8 Å². The Morgan fingerprint density at radius 3 is 2.48 bits per heavy atom. The summed E-state index contributed by atoms with van der Waals surface area (Å²) in [6.45, 7) is 5.51. The zero-order valence-electron chi connectivity index (χ0n) is 15.3. The van der Waals surface area contributed by atoms with Crippen molar-refractivity contribution in [1.29, 1.82) is 0 Å². The Hall–Kier alpha value is -2.55. The van der Waals surface area contributed by atoms with Crippen LogP contribution in [0.3, 0.4) is 0 Å². The molecule has 0 atom stereocenters. The van der Waals surface area contributed by atoms with Crippen LogP contribution in [0.4, 0.5) is 24.5 Å². The number of hydrogen-bond acceptors (Lipinski definition) is 4. The van der Waals surface area contributed by atoms with Crippen molar-refractivity contribution in [2.75, 3.05) is 43.4 Å². The number of amides is 1. The van der Waals surface area contributed by atoms with Crippen molar-refractivity contribution in [1.82, 2.24) is 14.7 Å². The fraction of sp³-hybridized carbons (Fsp3) is 0.444. The first kappa shape index (κ1) is 19.2. The first-order chi connectivity index (χ1) is 12.7. The maximum Gasteiger partial charge on any atom is 0.435 e. The maximum absolute atomic E-state index is 12.6. The molecule has 1 aliphatic rings. The summed E-state index contributed by atoms with van der Waals surface area (Å²) in [7, 11) is 2.10. The Morgan fingerprint density at radius 2 is 1.89 bits per heavy atom. The summed E-state index contributed by atoms with van der Waals surface area (Å²) in [6.07, 6.45) is -3.37. The molecule has 6 nitrogen and oxygen atoms in total. The molecule has 1 amide bonds. The van der Waals surface area contributed by atoms with Gasteiger partial charge in [-0.2, -0.15) is 18.3 Å². The lowest BCUT2D eigenvalue weighted by molar-refractivity contribution is -0.141. The third-order valence-corrected chi connectivity index (χ3v) is 4.59. The molecule has 0 spiro atoms. The van der Waals surface area contributed by atoms with Gasteiger partial charge in [0.05, 0.1) is 0 Å². The highest BCUT2D eigenvalue weighted by Crippen LogP contribution is 2.27. The van der Waals surface area contributed by atoms with E-state index in [1.165, 1.54) is 0 Å². The van der Waals surface area contributed by atoms with Crippen LogP contribution in [0.15, 0.2) is 30.5 Å². The van der Waals surface area contributed by atoms with Crippen molar-refractivity contribution in [3.05, 3.63) is 41.7 Å². The Morgan fingerprint density at radius 1 is 1.19 bits per heavy atom. The molecule has 1 saturated heterocycles. The smallest absolute Gasteiger partial charge is 0.369 e. The average Bonchev–Trinajstić information content (AvgIpc) is 3.06. The third-order valence-electron chi connectivity index (χ3n) is 4.59. The number of likely N-dealkylation sites (N-methyl/N-ethyl adjacent to an activating group) is 1. The average molecular weight is 381 g/mol. The minimum Gasteiger partial charge on any atom is -0.369 e. The molecule has 146 valence electrons. The third kappa shape index (κ3) is 4.79. The zero-order chi connectivity index (χ0) is 19.6. The summed E-state index contributed by atoms with van der Waals surface area (Å²) in [4.78, 5) is 16.7. The van der Waals surface area contributed by atoms with Gasteiger partial charge in [-0.1, -0.05) is 0 Å². The van der Waals surface area contributed by atoms with Crippen LogP contribution >= 0.6 is 0 Å². The van der Waals surface area contributed by atoms with Crippen molar-refractivity contribution in [3.63, 3.8) is 0 Å². The number of aryl methyl sites for hydroxylation is 1. The van der Waals surface area contributed by atoms with E-state index in [0.717, 1.165) is 54.4 Å². The van der Waals surface area contributed by atoms with E-state index >= 15 is 0 Å². The van der Waals surface area contributed by atoms with Gasteiger partial charge in [0.2, 0.25) is 5.91 Å². The number of nitrogens with zero attached hydrogens (tertiary/aromatic N) is 4. The second-order valence-electron chi connectivity index (χ2n) is 6.73. The normalized spacial score (nSPS) is 15.8. The van der Waals surface area contributed by atoms with Gasteiger partial charge in [-0.15, -0.1) is 0 Å². The SMILES string of the molecule is Cc1cc(N2CCN(C)CC2)ccc1NC(=O)Cn1ccc(C(F)(F)F)n1. The number of alkyl halides is 3. The molecule has 2 heterocycles. The molecule has 3 rings (SSSR count). The minimum absolute atomic E-state index is 0.282.